The molecule has 0 aromatic heterocycles. The molecule has 0 heterocycles. The Morgan fingerprint density at radius 3 is 2.29 bits per heavy atom. The Morgan fingerprint density at radius 2 is 1.67 bits per heavy atom. The van der Waals surface area contributed by atoms with Crippen molar-refractivity contribution in [3.05, 3.63) is 29.3 Å². The van der Waals surface area contributed by atoms with Gasteiger partial charge >= 0.3 is 0 Å². The summed E-state index contributed by atoms with van der Waals surface area (Å²) in [6, 6.07) is 2.36. The van der Waals surface area contributed by atoms with Gasteiger partial charge in [-0.1, -0.05) is 45.4 Å². The minimum atomic E-state index is -1.26. The Bertz CT molecular complexity index is 464. The first-order valence-electron chi connectivity index (χ1n) is 7.38. The predicted molar refractivity (Wildman–Crippen MR) is 80.0 cm³/mol. The van der Waals surface area contributed by atoms with Crippen LogP contribution in [0.15, 0.2) is 12.1 Å². The molecule has 0 amide bonds. The van der Waals surface area contributed by atoms with E-state index in [9.17, 15) is 13.6 Å². The smallest absolute Gasteiger partial charge is 0.255 e. The van der Waals surface area contributed by atoms with E-state index in [2.05, 4.69) is 6.92 Å². The maximum absolute atomic E-state index is 13.6. The zero-order chi connectivity index (χ0) is 15.7. The summed E-state index contributed by atoms with van der Waals surface area (Å²) in [6.45, 7) is 2.50. The second-order valence-electron chi connectivity index (χ2n) is 4.98. The average molecular weight is 319 g/mol. The quantitative estimate of drug-likeness (QED) is 0.422. The van der Waals surface area contributed by atoms with Crippen LogP contribution in [-0.2, 0) is 0 Å². The first-order chi connectivity index (χ1) is 10.1. The highest BCUT2D eigenvalue weighted by Gasteiger charge is 2.17. The molecule has 0 fully saturated rings. The van der Waals surface area contributed by atoms with Gasteiger partial charge in [0.25, 0.3) is 5.24 Å². The summed E-state index contributed by atoms with van der Waals surface area (Å²) in [5.74, 6) is -2.60. The molecule has 118 valence electrons. The molecule has 0 saturated heterocycles. The molecule has 0 unspecified atom stereocenters. The number of benzene rings is 1. The van der Waals surface area contributed by atoms with E-state index in [0.29, 0.717) is 6.61 Å². The third kappa shape index (κ3) is 6.00. The molecule has 0 N–H and O–H groups in total. The number of carbonyl (C=O) groups is 1. The highest BCUT2D eigenvalue weighted by Crippen LogP contribution is 2.24. The number of ether oxygens (including phenoxy) is 1. The largest absolute Gasteiger partial charge is 0.490 e. The molecule has 0 spiro atoms. The lowest BCUT2D eigenvalue weighted by molar-refractivity contribution is 0.107. The van der Waals surface area contributed by atoms with Crippen molar-refractivity contribution in [3.8, 4) is 5.75 Å². The van der Waals surface area contributed by atoms with Crippen LogP contribution in [0, 0.1) is 11.6 Å². The summed E-state index contributed by atoms with van der Waals surface area (Å²) in [5.41, 5.74) is -0.475. The molecule has 0 bridgehead atoms. The molecule has 0 aliphatic carbocycles. The number of hydrogen-bond acceptors (Lipinski definition) is 2. The van der Waals surface area contributed by atoms with Crippen LogP contribution in [0.5, 0.6) is 5.75 Å². The lowest BCUT2D eigenvalue weighted by Crippen LogP contribution is -2.04. The third-order valence-electron chi connectivity index (χ3n) is 3.26. The fraction of sp³-hybridized carbons (Fsp3) is 0.562. The summed E-state index contributed by atoms with van der Waals surface area (Å²) in [4.78, 5) is 10.9. The summed E-state index contributed by atoms with van der Waals surface area (Å²) < 4.78 is 32.3. The van der Waals surface area contributed by atoms with Crippen molar-refractivity contribution in [1.82, 2.24) is 0 Å². The van der Waals surface area contributed by atoms with Crippen LogP contribution in [0.25, 0.3) is 0 Å². The fourth-order valence-corrected chi connectivity index (χ4v) is 2.18. The topological polar surface area (TPSA) is 26.3 Å². The lowest BCUT2D eigenvalue weighted by Gasteiger charge is -2.09. The van der Waals surface area contributed by atoms with Crippen LogP contribution in [-0.4, -0.2) is 11.8 Å². The first kappa shape index (κ1) is 17.9. The molecule has 0 atom stereocenters. The van der Waals surface area contributed by atoms with Crippen LogP contribution < -0.4 is 4.74 Å². The molecule has 1 aromatic rings. The van der Waals surface area contributed by atoms with Crippen LogP contribution in [0.4, 0.5) is 8.78 Å². The third-order valence-corrected chi connectivity index (χ3v) is 3.47. The monoisotopic (exact) mass is 318 g/mol. The molecule has 1 rings (SSSR count). The summed E-state index contributed by atoms with van der Waals surface area (Å²) in [5, 5.41) is -1.02. The van der Waals surface area contributed by atoms with E-state index in [4.69, 9.17) is 16.3 Å². The van der Waals surface area contributed by atoms with Crippen molar-refractivity contribution in [2.24, 2.45) is 0 Å². The highest BCUT2D eigenvalue weighted by atomic mass is 35.5. The van der Waals surface area contributed by atoms with E-state index >= 15 is 0 Å². The minimum Gasteiger partial charge on any atom is -0.490 e. The van der Waals surface area contributed by atoms with Gasteiger partial charge in [-0.15, -0.1) is 0 Å². The van der Waals surface area contributed by atoms with Crippen LogP contribution in [0.1, 0.15) is 62.2 Å². The van der Waals surface area contributed by atoms with Gasteiger partial charge in [0.15, 0.2) is 11.6 Å². The van der Waals surface area contributed by atoms with Crippen molar-refractivity contribution in [2.75, 3.05) is 6.61 Å². The van der Waals surface area contributed by atoms with Gasteiger partial charge in [0.1, 0.15) is 0 Å². The molecular formula is C16H21ClF2O2. The minimum absolute atomic E-state index is 0.180. The summed E-state index contributed by atoms with van der Waals surface area (Å²) in [7, 11) is 0. The van der Waals surface area contributed by atoms with Gasteiger partial charge in [0.2, 0.25) is 5.82 Å². The van der Waals surface area contributed by atoms with Crippen molar-refractivity contribution in [2.45, 2.75) is 51.9 Å². The normalized spacial score (nSPS) is 10.7. The summed E-state index contributed by atoms with van der Waals surface area (Å²) in [6.07, 6.45) is 7.84. The van der Waals surface area contributed by atoms with Gasteiger partial charge < -0.3 is 4.74 Å². The van der Waals surface area contributed by atoms with Crippen molar-refractivity contribution >= 4 is 16.8 Å². The van der Waals surface area contributed by atoms with Crippen LogP contribution >= 0.6 is 11.6 Å². The molecule has 0 saturated carbocycles. The van der Waals surface area contributed by atoms with Crippen molar-refractivity contribution in [1.29, 1.82) is 0 Å². The van der Waals surface area contributed by atoms with E-state index in [-0.39, 0.29) is 5.75 Å². The van der Waals surface area contributed by atoms with Gasteiger partial charge in [-0.05, 0) is 30.2 Å². The van der Waals surface area contributed by atoms with Crippen molar-refractivity contribution < 1.29 is 18.3 Å². The number of carbonyl (C=O) groups excluding carboxylic acids is 1. The van der Waals surface area contributed by atoms with Crippen molar-refractivity contribution in [3.63, 3.8) is 0 Å². The maximum Gasteiger partial charge on any atom is 0.255 e. The number of rotatable bonds is 10. The predicted octanol–water partition coefficient (Wildman–Crippen LogP) is 5.47. The first-order valence-corrected chi connectivity index (χ1v) is 7.76. The van der Waals surface area contributed by atoms with E-state index in [1.165, 1.54) is 31.7 Å². The van der Waals surface area contributed by atoms with Gasteiger partial charge in [0, 0.05) is 0 Å². The van der Waals surface area contributed by atoms with Gasteiger partial charge in [-0.2, -0.15) is 4.39 Å². The molecule has 0 aliphatic rings. The zero-order valence-electron chi connectivity index (χ0n) is 12.3. The van der Waals surface area contributed by atoms with Crippen LogP contribution in [0.2, 0.25) is 0 Å². The highest BCUT2D eigenvalue weighted by molar-refractivity contribution is 6.67. The number of halogens is 3. The molecule has 5 heteroatoms. The molecule has 0 radical (unpaired) electrons. The Morgan fingerprint density at radius 1 is 1.05 bits per heavy atom. The molecular weight excluding hydrogens is 298 g/mol. The number of hydrogen-bond donors (Lipinski definition) is 0. The Hall–Kier alpha value is -1.16. The standard InChI is InChI=1S/C16H21ClF2O2/c1-2-3-4-5-6-7-8-11-21-13-10-9-12(16(17)20)14(18)15(13)19/h9-10H,2-8,11H2,1H3. The maximum atomic E-state index is 13.6. The van der Waals surface area contributed by atoms with Gasteiger partial charge in [0.05, 0.1) is 12.2 Å². The van der Waals surface area contributed by atoms with Crippen LogP contribution in [0.3, 0.4) is 0 Å². The molecule has 1 aromatic carbocycles. The zero-order valence-corrected chi connectivity index (χ0v) is 13.0. The Kier molecular flexibility index (Phi) is 8.28. The second kappa shape index (κ2) is 9.72. The molecule has 21 heavy (non-hydrogen) atoms. The summed E-state index contributed by atoms with van der Waals surface area (Å²) >= 11 is 5.14. The van der Waals surface area contributed by atoms with E-state index in [0.717, 1.165) is 25.3 Å². The molecule has 0 aliphatic heterocycles. The number of unbranched alkanes of at least 4 members (excludes halogenated alkanes) is 6. The Balaban J connectivity index is 2.33. The van der Waals surface area contributed by atoms with E-state index in [1.54, 1.807) is 0 Å². The Labute approximate surface area is 129 Å². The molecule has 2 nitrogen and oxygen atoms in total. The van der Waals surface area contributed by atoms with E-state index in [1.807, 2.05) is 0 Å². The SMILES string of the molecule is CCCCCCCCCOc1ccc(C(=O)Cl)c(F)c1F. The van der Waals surface area contributed by atoms with E-state index < -0.39 is 22.4 Å². The average Bonchev–Trinajstić information content (AvgIpc) is 2.45. The van der Waals surface area contributed by atoms with Gasteiger partial charge in [-0.3, -0.25) is 4.79 Å². The van der Waals surface area contributed by atoms with Gasteiger partial charge in [-0.25, -0.2) is 4.39 Å². The lowest BCUT2D eigenvalue weighted by atomic mass is 10.1. The fourth-order valence-electron chi connectivity index (χ4n) is 2.04. The second-order valence-corrected chi connectivity index (χ2v) is 5.33.